The van der Waals surface area contributed by atoms with Crippen molar-refractivity contribution < 1.29 is 0 Å². The molecule has 3 unspecified atom stereocenters. The van der Waals surface area contributed by atoms with E-state index < -0.39 is 16.1 Å². The second-order valence-electron chi connectivity index (χ2n) is 12.4. The number of hydrogen-bond donors (Lipinski definition) is 0. The van der Waals surface area contributed by atoms with Crippen molar-refractivity contribution in [2.24, 2.45) is 10.8 Å². The van der Waals surface area contributed by atoms with Crippen LogP contribution in [0.2, 0.25) is 39.3 Å². The summed E-state index contributed by atoms with van der Waals surface area (Å²) < 4.78 is 0. The van der Waals surface area contributed by atoms with E-state index in [0.717, 1.165) is 10.3 Å². The van der Waals surface area contributed by atoms with Crippen molar-refractivity contribution in [2.45, 2.75) is 111 Å². The van der Waals surface area contributed by atoms with Crippen molar-refractivity contribution in [1.82, 2.24) is 0 Å². The van der Waals surface area contributed by atoms with Crippen LogP contribution in [0.15, 0.2) is 0 Å². The maximum absolute atomic E-state index is 2.69. The van der Waals surface area contributed by atoms with Gasteiger partial charge in [0.2, 0.25) is 0 Å². The fourth-order valence-corrected chi connectivity index (χ4v) is 47.4. The molecule has 0 aromatic rings. The Morgan fingerprint density at radius 3 is 1.69 bits per heavy atom. The van der Waals surface area contributed by atoms with Crippen molar-refractivity contribution in [3.8, 4) is 0 Å². The first kappa shape index (κ1) is 25.5. The summed E-state index contributed by atoms with van der Waals surface area (Å²) in [5.74, 6) is 0. The molecule has 0 N–H and O–H groups in total. The van der Waals surface area contributed by atoms with Crippen LogP contribution >= 0.6 is 23.4 Å². The Hall–Kier alpha value is 1.46. The standard InChI is InChI=1S/C21H47P3Si2/c1-14-15-16-23-17(20(2,3)4)22-18(21(5,6)7)24(23)19(25(8,9)10)26(11,12)13/h18-19H,14-16H2,1-13H3. The monoisotopic (exact) mass is 448 g/mol. The van der Waals surface area contributed by atoms with Crippen LogP contribution < -0.4 is 0 Å². The third-order valence-electron chi connectivity index (χ3n) is 5.09. The molecular formula is C21H47P3Si2. The molecule has 0 spiro atoms. The minimum absolute atomic E-state index is 0.101. The molecule has 0 amide bonds. The average molecular weight is 449 g/mol. The van der Waals surface area contributed by atoms with E-state index in [1.807, 2.05) is 5.03 Å². The zero-order valence-electron chi connectivity index (χ0n) is 20.1. The summed E-state index contributed by atoms with van der Waals surface area (Å²) in [6.07, 6.45) is 4.33. The minimum Gasteiger partial charge on any atom is -0.0905 e. The predicted octanol–water partition coefficient (Wildman–Crippen LogP) is 9.30. The van der Waals surface area contributed by atoms with E-state index in [9.17, 15) is 0 Å². The molecule has 5 heteroatoms. The molecule has 154 valence electrons. The van der Waals surface area contributed by atoms with Crippen LogP contribution in [0.25, 0.3) is 0 Å². The maximum atomic E-state index is 2.69. The van der Waals surface area contributed by atoms with Gasteiger partial charge in [-0.05, 0) is 41.0 Å². The van der Waals surface area contributed by atoms with E-state index in [1.165, 1.54) is 19.0 Å². The first-order chi connectivity index (χ1) is 11.4. The van der Waals surface area contributed by atoms with Crippen molar-refractivity contribution >= 4 is 44.6 Å². The molecule has 1 heterocycles. The van der Waals surface area contributed by atoms with Crippen LogP contribution in [0.5, 0.6) is 0 Å². The molecule has 0 saturated carbocycles. The van der Waals surface area contributed by atoms with E-state index in [4.69, 9.17) is 0 Å². The molecule has 26 heavy (non-hydrogen) atoms. The lowest BCUT2D eigenvalue weighted by Gasteiger charge is -2.50. The van der Waals surface area contributed by atoms with Crippen LogP contribution in [-0.2, 0) is 0 Å². The number of hydrogen-bond acceptors (Lipinski definition) is 0. The Morgan fingerprint density at radius 2 is 1.38 bits per heavy atom. The zero-order valence-corrected chi connectivity index (χ0v) is 24.8. The van der Waals surface area contributed by atoms with Crippen LogP contribution in [0.4, 0.5) is 0 Å². The first-order valence-electron chi connectivity index (χ1n) is 10.6. The van der Waals surface area contributed by atoms with Gasteiger partial charge >= 0.3 is 0 Å². The van der Waals surface area contributed by atoms with E-state index in [2.05, 4.69) is 87.7 Å². The molecule has 0 nitrogen and oxygen atoms in total. The normalized spacial score (nSPS) is 26.4. The van der Waals surface area contributed by atoms with Gasteiger partial charge < -0.3 is 0 Å². The van der Waals surface area contributed by atoms with Crippen LogP contribution in [-0.4, -0.2) is 37.6 Å². The fraction of sp³-hybridized carbons (Fsp3) is 0.952. The average Bonchev–Trinajstić information content (AvgIpc) is 2.71. The largest absolute Gasteiger partial charge is 0.0905 e. The van der Waals surface area contributed by atoms with Crippen molar-refractivity contribution in [1.29, 1.82) is 0 Å². The van der Waals surface area contributed by atoms with Crippen LogP contribution in [0.3, 0.4) is 0 Å². The van der Waals surface area contributed by atoms with Gasteiger partial charge in [-0.25, -0.2) is 0 Å². The Balaban J connectivity index is 3.59. The quantitative estimate of drug-likeness (QED) is 0.280. The van der Waals surface area contributed by atoms with Crippen molar-refractivity contribution in [2.75, 3.05) is 6.16 Å². The summed E-state index contributed by atoms with van der Waals surface area (Å²) in [5, 5.41) is 2.91. The maximum Gasteiger partial charge on any atom is 0.0496 e. The van der Waals surface area contributed by atoms with Gasteiger partial charge in [0.25, 0.3) is 0 Å². The van der Waals surface area contributed by atoms with Gasteiger partial charge in [0, 0.05) is 21.5 Å². The van der Waals surface area contributed by atoms with Crippen molar-refractivity contribution in [3.05, 3.63) is 0 Å². The van der Waals surface area contributed by atoms with E-state index in [0.29, 0.717) is 10.8 Å². The van der Waals surface area contributed by atoms with Crippen LogP contribution in [0.1, 0.15) is 61.3 Å². The van der Waals surface area contributed by atoms with Gasteiger partial charge in [0.1, 0.15) is 0 Å². The van der Waals surface area contributed by atoms with E-state index in [1.54, 1.807) is 8.20 Å². The second kappa shape index (κ2) is 8.68. The van der Waals surface area contributed by atoms with Gasteiger partial charge in [0.15, 0.2) is 0 Å². The lowest BCUT2D eigenvalue weighted by Crippen LogP contribution is -2.53. The Bertz CT molecular complexity index is 487. The summed E-state index contributed by atoms with van der Waals surface area (Å²) in [6.45, 7) is 33.7. The second-order valence-corrected chi connectivity index (χ2v) is 32.9. The minimum atomic E-state index is -1.19. The molecule has 1 aliphatic heterocycles. The first-order valence-corrected chi connectivity index (χ1v) is 22.4. The summed E-state index contributed by atoms with van der Waals surface area (Å²) >= 11 is 0. The molecule has 0 saturated heterocycles. The Morgan fingerprint density at radius 1 is 0.923 bits per heavy atom. The Labute approximate surface area is 172 Å². The SMILES string of the molecule is CCCCP1C(C(C)(C)C)=PC(C(C)(C)C)P1C([Si](C)(C)C)[Si](C)(C)C. The third kappa shape index (κ3) is 6.23. The van der Waals surface area contributed by atoms with Gasteiger partial charge in [-0.2, -0.15) is 0 Å². The van der Waals surface area contributed by atoms with Gasteiger partial charge in [0.05, 0.1) is 0 Å². The highest BCUT2D eigenvalue weighted by molar-refractivity contribution is 8.43. The smallest absolute Gasteiger partial charge is 0.0496 e. The number of rotatable bonds is 6. The fourth-order valence-electron chi connectivity index (χ4n) is 4.56. The third-order valence-corrected chi connectivity index (χ3v) is 34.8. The number of unbranched alkanes of at least 4 members (excludes halogenated alkanes) is 1. The summed E-state index contributed by atoms with van der Waals surface area (Å²) in [5.41, 5.74) is 0.843. The molecule has 1 aliphatic rings. The molecule has 0 aliphatic carbocycles. The molecule has 0 aromatic carbocycles. The summed E-state index contributed by atoms with van der Waals surface area (Å²) in [7, 11) is -0.399. The molecular weight excluding hydrogens is 401 g/mol. The molecule has 0 bridgehead atoms. The lowest BCUT2D eigenvalue weighted by atomic mass is 10.00. The van der Waals surface area contributed by atoms with Crippen LogP contribution in [0, 0.1) is 10.8 Å². The summed E-state index contributed by atoms with van der Waals surface area (Å²) in [6, 6.07) is 0. The molecule has 0 aromatic heterocycles. The topological polar surface area (TPSA) is 0 Å². The van der Waals surface area contributed by atoms with E-state index >= 15 is 0 Å². The summed E-state index contributed by atoms with van der Waals surface area (Å²) in [4.78, 5) is 1.10. The van der Waals surface area contributed by atoms with Gasteiger partial charge in [-0.3, -0.25) is 0 Å². The molecule has 0 radical (unpaired) electrons. The molecule has 3 atom stereocenters. The highest BCUT2D eigenvalue weighted by Gasteiger charge is 2.54. The highest BCUT2D eigenvalue weighted by atomic mass is 32.1. The van der Waals surface area contributed by atoms with Gasteiger partial charge in [-0.15, -0.1) is 0 Å². The molecule has 0 fully saturated rings. The predicted molar refractivity (Wildman–Crippen MR) is 139 cm³/mol. The van der Waals surface area contributed by atoms with Crippen molar-refractivity contribution in [3.63, 3.8) is 0 Å². The molecule has 1 rings (SSSR count). The lowest BCUT2D eigenvalue weighted by molar-refractivity contribution is 0.456. The van der Waals surface area contributed by atoms with Gasteiger partial charge in [-0.1, -0.05) is 110 Å². The highest BCUT2D eigenvalue weighted by Crippen LogP contribution is 2.86. The van der Waals surface area contributed by atoms with E-state index in [-0.39, 0.29) is 15.2 Å². The zero-order chi connectivity index (χ0) is 20.7. The Kier molecular flexibility index (Phi) is 8.51.